The van der Waals surface area contributed by atoms with Gasteiger partial charge in [0.1, 0.15) is 5.82 Å². The lowest BCUT2D eigenvalue weighted by Crippen LogP contribution is -2.54. The van der Waals surface area contributed by atoms with Crippen molar-refractivity contribution in [1.29, 1.82) is 0 Å². The topological polar surface area (TPSA) is 27.7 Å². The summed E-state index contributed by atoms with van der Waals surface area (Å²) in [6, 6.07) is 7.80. The Labute approximate surface area is 127 Å². The molecule has 0 unspecified atom stereocenters. The molecule has 3 nitrogen and oxygen atoms in total. The fourth-order valence-corrected chi connectivity index (χ4v) is 3.98. The molecule has 2 aromatic carbocycles. The summed E-state index contributed by atoms with van der Waals surface area (Å²) in [5.74, 6) is -3.15. The predicted octanol–water partition coefficient (Wildman–Crippen LogP) is 2.86. The van der Waals surface area contributed by atoms with Crippen LogP contribution in [0.25, 0.3) is 11.1 Å². The standard InChI is InChI=1S/C15H15F3O3Si/c1-19-22(20-2,21-3)11-6-4-10(5-7-11)12-8-14(17)15(18)9-13(12)16/h4-9H,1-3H3. The van der Waals surface area contributed by atoms with Crippen LogP contribution < -0.4 is 5.19 Å². The molecule has 0 spiro atoms. The monoisotopic (exact) mass is 328 g/mol. The molecule has 22 heavy (non-hydrogen) atoms. The third-order valence-electron chi connectivity index (χ3n) is 3.37. The van der Waals surface area contributed by atoms with E-state index in [0.717, 1.165) is 6.07 Å². The second-order valence-electron chi connectivity index (χ2n) is 4.49. The molecule has 0 heterocycles. The van der Waals surface area contributed by atoms with Gasteiger partial charge in [-0.25, -0.2) is 13.2 Å². The highest BCUT2D eigenvalue weighted by atomic mass is 28.4. The van der Waals surface area contributed by atoms with Crippen LogP contribution in [0.3, 0.4) is 0 Å². The zero-order chi connectivity index (χ0) is 16.3. The molecule has 0 aromatic heterocycles. The van der Waals surface area contributed by atoms with Crippen molar-refractivity contribution >= 4 is 14.0 Å². The first-order valence-corrected chi connectivity index (χ1v) is 8.10. The quantitative estimate of drug-likeness (QED) is 0.624. The maximum Gasteiger partial charge on any atom is 0.536 e. The van der Waals surface area contributed by atoms with Crippen LogP contribution in [0.1, 0.15) is 0 Å². The van der Waals surface area contributed by atoms with Gasteiger partial charge in [0.15, 0.2) is 11.6 Å². The van der Waals surface area contributed by atoms with Gasteiger partial charge in [-0.3, -0.25) is 0 Å². The van der Waals surface area contributed by atoms with E-state index in [1.807, 2.05) is 0 Å². The van der Waals surface area contributed by atoms with E-state index in [9.17, 15) is 13.2 Å². The molecule has 0 atom stereocenters. The van der Waals surface area contributed by atoms with Crippen molar-refractivity contribution in [1.82, 2.24) is 0 Å². The summed E-state index contributed by atoms with van der Waals surface area (Å²) in [5, 5.41) is 0.673. The Hall–Kier alpha value is -1.67. The van der Waals surface area contributed by atoms with E-state index < -0.39 is 26.3 Å². The Bertz CT molecular complexity index is 650. The number of rotatable bonds is 5. The predicted molar refractivity (Wildman–Crippen MR) is 78.2 cm³/mol. The zero-order valence-electron chi connectivity index (χ0n) is 12.3. The first-order chi connectivity index (χ1) is 10.5. The summed E-state index contributed by atoms with van der Waals surface area (Å²) in [4.78, 5) is 0. The molecule has 0 aliphatic rings. The Morgan fingerprint density at radius 1 is 0.727 bits per heavy atom. The molecular weight excluding hydrogens is 313 g/mol. The molecule has 0 aliphatic heterocycles. The molecule has 0 bridgehead atoms. The molecule has 0 fully saturated rings. The van der Waals surface area contributed by atoms with Crippen molar-refractivity contribution in [3.05, 3.63) is 53.8 Å². The Kier molecular flexibility index (Phi) is 5.02. The van der Waals surface area contributed by atoms with Gasteiger partial charge in [0.05, 0.1) is 0 Å². The molecule has 0 radical (unpaired) electrons. The third kappa shape index (κ3) is 2.93. The van der Waals surface area contributed by atoms with Gasteiger partial charge in [0.25, 0.3) is 0 Å². The highest BCUT2D eigenvalue weighted by Crippen LogP contribution is 2.25. The number of hydrogen-bond acceptors (Lipinski definition) is 3. The summed E-state index contributed by atoms with van der Waals surface area (Å²) in [5.41, 5.74) is 0.385. The van der Waals surface area contributed by atoms with Crippen molar-refractivity contribution in [2.75, 3.05) is 21.3 Å². The molecule has 0 saturated heterocycles. The van der Waals surface area contributed by atoms with Gasteiger partial charge in [-0.05, 0) is 11.6 Å². The normalized spacial score (nSPS) is 11.7. The van der Waals surface area contributed by atoms with Crippen LogP contribution in [0, 0.1) is 17.5 Å². The first kappa shape index (κ1) is 16.7. The maximum absolute atomic E-state index is 13.8. The summed E-state index contributed by atoms with van der Waals surface area (Å²) < 4.78 is 56.0. The van der Waals surface area contributed by atoms with Gasteiger partial charge in [-0.1, -0.05) is 24.3 Å². The SMILES string of the molecule is CO[Si](OC)(OC)c1ccc(-c2cc(F)c(F)cc2F)cc1. The van der Waals surface area contributed by atoms with Crippen molar-refractivity contribution in [2.45, 2.75) is 0 Å². The lowest BCUT2D eigenvalue weighted by atomic mass is 10.1. The highest BCUT2D eigenvalue weighted by Gasteiger charge is 2.40. The summed E-state index contributed by atoms with van der Waals surface area (Å²) in [7, 11) is 1.44. The minimum absolute atomic E-state index is 0.0232. The zero-order valence-corrected chi connectivity index (χ0v) is 13.3. The van der Waals surface area contributed by atoms with E-state index in [1.165, 1.54) is 21.3 Å². The van der Waals surface area contributed by atoms with E-state index in [2.05, 4.69) is 0 Å². The Balaban J connectivity index is 2.43. The average molecular weight is 328 g/mol. The van der Waals surface area contributed by atoms with Crippen LogP contribution in [-0.2, 0) is 13.3 Å². The van der Waals surface area contributed by atoms with Gasteiger partial charge in [0.2, 0.25) is 0 Å². The average Bonchev–Trinajstić information content (AvgIpc) is 2.54. The van der Waals surface area contributed by atoms with Crippen LogP contribution in [0.5, 0.6) is 0 Å². The van der Waals surface area contributed by atoms with Crippen molar-refractivity contribution in [3.8, 4) is 11.1 Å². The number of hydrogen-bond donors (Lipinski definition) is 0. The van der Waals surface area contributed by atoms with Crippen LogP contribution in [0.2, 0.25) is 0 Å². The molecule has 2 rings (SSSR count). The summed E-state index contributed by atoms with van der Waals surface area (Å²) in [6.07, 6.45) is 0. The third-order valence-corrected chi connectivity index (χ3v) is 6.02. The van der Waals surface area contributed by atoms with Gasteiger partial charge in [-0.2, -0.15) is 0 Å². The van der Waals surface area contributed by atoms with Crippen molar-refractivity contribution in [3.63, 3.8) is 0 Å². The molecule has 0 amide bonds. The van der Waals surface area contributed by atoms with Gasteiger partial charge in [-0.15, -0.1) is 0 Å². The number of halogens is 3. The van der Waals surface area contributed by atoms with Gasteiger partial charge < -0.3 is 13.3 Å². The summed E-state index contributed by atoms with van der Waals surface area (Å²) >= 11 is 0. The van der Waals surface area contributed by atoms with E-state index in [-0.39, 0.29) is 5.56 Å². The fraction of sp³-hybridized carbons (Fsp3) is 0.200. The van der Waals surface area contributed by atoms with Crippen LogP contribution >= 0.6 is 0 Å². The second kappa shape index (κ2) is 6.61. The smallest absolute Gasteiger partial charge is 0.373 e. The molecular formula is C15H15F3O3Si. The van der Waals surface area contributed by atoms with Gasteiger partial charge >= 0.3 is 8.80 Å². The molecule has 0 aliphatic carbocycles. The largest absolute Gasteiger partial charge is 0.536 e. The second-order valence-corrected chi connectivity index (χ2v) is 7.41. The van der Waals surface area contributed by atoms with Crippen LogP contribution in [0.4, 0.5) is 13.2 Å². The first-order valence-electron chi connectivity index (χ1n) is 6.38. The maximum atomic E-state index is 13.8. The Morgan fingerprint density at radius 3 is 1.73 bits per heavy atom. The summed E-state index contributed by atoms with van der Waals surface area (Å²) in [6.45, 7) is 0. The minimum atomic E-state index is -2.98. The molecule has 118 valence electrons. The van der Waals surface area contributed by atoms with E-state index in [0.29, 0.717) is 16.8 Å². The van der Waals surface area contributed by atoms with Crippen LogP contribution in [-0.4, -0.2) is 30.1 Å². The lowest BCUT2D eigenvalue weighted by molar-refractivity contribution is 0.140. The van der Waals surface area contributed by atoms with Crippen molar-refractivity contribution in [2.24, 2.45) is 0 Å². The molecule has 2 aromatic rings. The molecule has 0 N–H and O–H groups in total. The van der Waals surface area contributed by atoms with E-state index in [1.54, 1.807) is 24.3 Å². The number of benzene rings is 2. The van der Waals surface area contributed by atoms with E-state index >= 15 is 0 Å². The lowest BCUT2D eigenvalue weighted by Gasteiger charge is -2.24. The minimum Gasteiger partial charge on any atom is -0.373 e. The Morgan fingerprint density at radius 2 is 1.23 bits per heavy atom. The van der Waals surface area contributed by atoms with E-state index in [4.69, 9.17) is 13.3 Å². The molecule has 0 saturated carbocycles. The van der Waals surface area contributed by atoms with Crippen molar-refractivity contribution < 1.29 is 26.4 Å². The van der Waals surface area contributed by atoms with Gasteiger partial charge in [0, 0.05) is 38.1 Å². The van der Waals surface area contributed by atoms with Crippen LogP contribution in [0.15, 0.2) is 36.4 Å². The fourth-order valence-electron chi connectivity index (χ4n) is 2.20. The molecule has 7 heteroatoms. The highest BCUT2D eigenvalue weighted by molar-refractivity contribution is 6.75.